The maximum Gasteiger partial charge on any atom is 0.161 e. The van der Waals surface area contributed by atoms with Crippen molar-refractivity contribution in [1.82, 2.24) is 4.90 Å². The zero-order valence-corrected chi connectivity index (χ0v) is 20.9. The molecule has 37 heavy (non-hydrogen) atoms. The lowest BCUT2D eigenvalue weighted by Gasteiger charge is -2.77. The zero-order valence-electron chi connectivity index (χ0n) is 20.9. The monoisotopic (exact) mass is 457 g/mol. The number of fused-ring (bicyclic) bond motifs is 3. The zero-order chi connectivity index (χ0) is 28.8. The third-order valence-corrected chi connectivity index (χ3v) is 7.86. The van der Waals surface area contributed by atoms with Crippen molar-refractivity contribution in [3.05, 3.63) is 23.3 Å². The Labute approximate surface area is 238 Å². The summed E-state index contributed by atoms with van der Waals surface area (Å²) < 4.78 is 10.8. The third kappa shape index (κ3) is 3.83. The molecule has 2 heterocycles. The van der Waals surface area contributed by atoms with Gasteiger partial charge < -0.3 is 19.2 Å². The van der Waals surface area contributed by atoms with Gasteiger partial charge in [0, 0.05) is 12.6 Å². The van der Waals surface area contributed by atoms with Crippen molar-refractivity contribution in [2.75, 3.05) is 20.8 Å². The maximum atomic E-state index is 14.2. The summed E-state index contributed by atoms with van der Waals surface area (Å²) in [6, 6.07) is 2.19. The number of hydrogen-bond donors (Lipinski definition) is 0. The highest BCUT2D eigenvalue weighted by Gasteiger charge is 2.70. The first-order chi connectivity index (χ1) is 16.5. The molecule has 3 rings (SSSR count). The van der Waals surface area contributed by atoms with Gasteiger partial charge in [0.15, 0.2) is 11.5 Å². The quantitative estimate of drug-likeness (QED) is 0.427. The number of benzene rings is 1. The first-order valence-electron chi connectivity index (χ1n) is 11.1. The Morgan fingerprint density at radius 2 is 1.30 bits per heavy atom. The highest BCUT2D eigenvalue weighted by Crippen LogP contribution is 2.78. The van der Waals surface area contributed by atoms with Crippen LogP contribution in [0.3, 0.4) is 0 Å². The van der Waals surface area contributed by atoms with Crippen molar-refractivity contribution in [3.63, 3.8) is 0 Å². The number of hydrogen-bond acceptors (Lipinski definition) is 4. The molecule has 0 N–H and O–H groups in total. The molecule has 1 fully saturated rings. The molecule has 1 aromatic carbocycles. The molecule has 0 saturated carbocycles. The van der Waals surface area contributed by atoms with E-state index in [4.69, 9.17) is 119 Å². The van der Waals surface area contributed by atoms with Gasteiger partial charge in [-0.05, 0) is 45.5 Å². The lowest BCUT2D eigenvalue weighted by Crippen LogP contribution is -2.75. The van der Waals surface area contributed by atoms with Crippen LogP contribution in [0.4, 0.5) is 0 Å². The Kier molecular flexibility index (Phi) is 7.46. The number of carbonyl (C=O) groups is 1. The lowest BCUT2D eigenvalue weighted by molar-refractivity contribution is -0.133. The Morgan fingerprint density at radius 1 is 0.838 bits per heavy atom. The minimum atomic E-state index is -2.93. The summed E-state index contributed by atoms with van der Waals surface area (Å²) in [5.41, 5.74) is 1.21. The summed E-state index contributed by atoms with van der Waals surface area (Å²) >= 11 is 0. The van der Waals surface area contributed by atoms with Gasteiger partial charge in [0.25, 0.3) is 0 Å². The van der Waals surface area contributed by atoms with Crippen LogP contribution >= 0.6 is 0 Å². The maximum absolute atomic E-state index is 14.2. The van der Waals surface area contributed by atoms with E-state index < -0.39 is 48.4 Å². The molecule has 2 unspecified atom stereocenters. The Morgan fingerprint density at radius 3 is 1.73 bits per heavy atom. The van der Waals surface area contributed by atoms with Gasteiger partial charge in [0.1, 0.15) is 5.78 Å². The second-order valence-corrected chi connectivity index (χ2v) is 10.2. The van der Waals surface area contributed by atoms with Gasteiger partial charge in [0.05, 0.1) is 124 Å². The van der Waals surface area contributed by atoms with Gasteiger partial charge in [-0.2, -0.15) is 0 Å². The van der Waals surface area contributed by atoms with Crippen LogP contribution in [-0.4, -0.2) is 147 Å². The molecule has 1 aromatic rings. The van der Waals surface area contributed by atoms with E-state index in [1.807, 2.05) is 0 Å². The molecular formula is C19H13B14NO3. The Bertz CT molecular complexity index is 1080. The summed E-state index contributed by atoms with van der Waals surface area (Å²) in [6.45, 7) is 0.0776. The largest absolute Gasteiger partial charge is 0.493 e. The second kappa shape index (κ2) is 8.93. The molecule has 4 nitrogen and oxygen atoms in total. The van der Waals surface area contributed by atoms with E-state index in [2.05, 4.69) is 0 Å². The third-order valence-electron chi connectivity index (χ3n) is 7.86. The number of rotatable bonds is 6. The van der Waals surface area contributed by atoms with Crippen LogP contribution in [0.5, 0.6) is 11.5 Å². The molecule has 1 saturated heterocycles. The number of piperidine rings is 1. The Balaban J connectivity index is 2.33. The summed E-state index contributed by atoms with van der Waals surface area (Å²) in [7, 11) is 90.3. The number of Topliss-reactive ketones (excluding diaryl/α,β-unsaturated/α-hetero) is 1. The molecule has 0 aromatic heterocycles. The minimum absolute atomic E-state index is 0.0776. The van der Waals surface area contributed by atoms with Gasteiger partial charge in [-0.3, -0.25) is 0 Å². The van der Waals surface area contributed by atoms with Crippen molar-refractivity contribution >= 4 is 116 Å². The average Bonchev–Trinajstić information content (AvgIpc) is 2.77. The van der Waals surface area contributed by atoms with Crippen molar-refractivity contribution in [1.29, 1.82) is 0 Å². The van der Waals surface area contributed by atoms with Gasteiger partial charge in [0.2, 0.25) is 0 Å². The molecule has 18 heteroatoms. The van der Waals surface area contributed by atoms with E-state index >= 15 is 0 Å². The van der Waals surface area contributed by atoms with Crippen LogP contribution in [0.1, 0.15) is 17.2 Å². The van der Waals surface area contributed by atoms with E-state index in [0.29, 0.717) is 23.5 Å². The predicted octanol–water partition coefficient (Wildman–Crippen LogP) is -3.10. The SMILES string of the molecule is [B]C1([B])C(=O)C([B])(C([B])([B])C([B])(C([B])([B])[B])C([B])([B])[B])C([B])([B])N2CCc3cc(OC)c(OC)cc3C21. The van der Waals surface area contributed by atoms with E-state index in [1.54, 1.807) is 12.1 Å². The standard InChI is InChI=1S/C19H13B14NO3/c1-36-9-5-7-3-4-34-11(8(7)6-10(9)37-2)13(20,21)12(35)14(22,19(34,32)33)16(24,25)15(23,17(26,27)28)18(29,30)31/h5-6,11H,3-4H2,1-2H3. The minimum Gasteiger partial charge on any atom is -0.493 e. The number of methoxy groups -OCH3 is 2. The average molecular weight is 455 g/mol. The Hall–Kier alpha value is -0.641. The summed E-state index contributed by atoms with van der Waals surface area (Å²) in [5.74, 6) is -0.438. The first kappa shape index (κ1) is 30.9. The van der Waals surface area contributed by atoms with Crippen LogP contribution in [0.25, 0.3) is 0 Å². The molecule has 2 atom stereocenters. The van der Waals surface area contributed by atoms with E-state index in [1.165, 1.54) is 19.1 Å². The summed E-state index contributed by atoms with van der Waals surface area (Å²) in [4.78, 5) is 15.6. The van der Waals surface area contributed by atoms with E-state index in [9.17, 15) is 4.79 Å². The van der Waals surface area contributed by atoms with Crippen LogP contribution in [0, 0.1) is 0 Å². The smallest absolute Gasteiger partial charge is 0.161 e. The second-order valence-electron chi connectivity index (χ2n) is 10.2. The number of ether oxygens (including phenoxy) is 2. The molecular weight excluding hydrogens is 442 g/mol. The van der Waals surface area contributed by atoms with Gasteiger partial charge in [-0.15, -0.1) is 15.5 Å². The van der Waals surface area contributed by atoms with Gasteiger partial charge in [-0.25, -0.2) is 0 Å². The first-order valence-corrected chi connectivity index (χ1v) is 11.1. The molecule has 2 aliphatic rings. The molecule has 154 valence electrons. The molecule has 0 aliphatic carbocycles. The normalized spacial score (nSPS) is 26.0. The van der Waals surface area contributed by atoms with Crippen LogP contribution in [0.15, 0.2) is 12.1 Å². The number of nitrogens with zero attached hydrogens (tertiary/aromatic N) is 1. The highest BCUT2D eigenvalue weighted by molar-refractivity contribution is 6.74. The van der Waals surface area contributed by atoms with Gasteiger partial charge >= 0.3 is 0 Å². The summed E-state index contributed by atoms with van der Waals surface area (Å²) in [5, 5.41) is -18.6. The van der Waals surface area contributed by atoms with E-state index in [-0.39, 0.29) is 6.54 Å². The molecule has 28 radical (unpaired) electrons. The molecule has 0 bridgehead atoms. The number of ketones is 1. The van der Waals surface area contributed by atoms with Crippen LogP contribution < -0.4 is 9.47 Å². The molecule has 0 spiro atoms. The lowest BCUT2D eigenvalue weighted by atomic mass is 9.03. The predicted molar refractivity (Wildman–Crippen MR) is 157 cm³/mol. The fourth-order valence-electron chi connectivity index (χ4n) is 5.66. The summed E-state index contributed by atoms with van der Waals surface area (Å²) in [6.07, 6.45) is 0.335. The van der Waals surface area contributed by atoms with Crippen LogP contribution in [0.2, 0.25) is 31.3 Å². The molecule has 0 amide bonds. The van der Waals surface area contributed by atoms with Crippen molar-refractivity contribution < 1.29 is 14.3 Å². The van der Waals surface area contributed by atoms with Gasteiger partial charge in [-0.1, -0.05) is 5.21 Å². The number of carbonyl (C=O) groups excluding carboxylic acids is 1. The topological polar surface area (TPSA) is 38.8 Å². The van der Waals surface area contributed by atoms with Crippen molar-refractivity contribution in [2.45, 2.75) is 49.1 Å². The van der Waals surface area contributed by atoms with Crippen molar-refractivity contribution in [3.8, 4) is 11.5 Å². The fraction of sp³-hybridized carbons (Fsp3) is 0.632. The van der Waals surface area contributed by atoms with Crippen molar-refractivity contribution in [2.24, 2.45) is 0 Å². The molecule has 2 aliphatic heterocycles. The van der Waals surface area contributed by atoms with Crippen LogP contribution in [-0.2, 0) is 11.2 Å². The fourth-order valence-corrected chi connectivity index (χ4v) is 5.66. The van der Waals surface area contributed by atoms with E-state index in [0.717, 1.165) is 5.56 Å². The highest BCUT2D eigenvalue weighted by atomic mass is 16.5.